The van der Waals surface area contributed by atoms with Crippen LogP contribution in [0.3, 0.4) is 0 Å². The lowest BCUT2D eigenvalue weighted by molar-refractivity contribution is -0.436. The summed E-state index contributed by atoms with van der Waals surface area (Å²) in [5.74, 6) is -42.0. The van der Waals surface area contributed by atoms with Gasteiger partial charge in [0.05, 0.1) is 11.1 Å². The largest absolute Gasteiger partial charge is 0.460 e. The molecule has 0 aliphatic heterocycles. The zero-order chi connectivity index (χ0) is 21.3. The van der Waals surface area contributed by atoms with Gasteiger partial charge in [0.2, 0.25) is 0 Å². The smallest absolute Gasteiger partial charge is 0.206 e. The van der Waals surface area contributed by atoms with Crippen LogP contribution in [-0.2, 0) is 0 Å². The van der Waals surface area contributed by atoms with E-state index in [9.17, 15) is 70.2 Å². The van der Waals surface area contributed by atoms with Gasteiger partial charge in [-0.25, -0.2) is 4.39 Å². The van der Waals surface area contributed by atoms with Gasteiger partial charge in [-0.05, 0) is 0 Å². The van der Waals surface area contributed by atoms with Crippen molar-refractivity contribution in [3.05, 3.63) is 23.1 Å². The average Bonchev–Trinajstić information content (AvgIpc) is 3.09. The Morgan fingerprint density at radius 2 is 0.885 bits per heavy atom. The van der Waals surface area contributed by atoms with Crippen molar-refractivity contribution in [2.45, 2.75) is 35.8 Å². The number of alkyl halides is 13. The third-order valence-corrected chi connectivity index (χ3v) is 3.06. The Hall–Kier alpha value is -1.64. The Balaban J connectivity index is 3.54. The van der Waals surface area contributed by atoms with Gasteiger partial charge in [-0.1, -0.05) is 0 Å². The molecule has 0 bridgehead atoms. The predicted octanol–water partition coefficient (Wildman–Crippen LogP) is 6.11. The Morgan fingerprint density at radius 3 is 1.15 bits per heavy atom. The maximum Gasteiger partial charge on any atom is 0.460 e. The molecule has 1 aliphatic rings. The van der Waals surface area contributed by atoms with Gasteiger partial charge >= 0.3 is 35.8 Å². The summed E-state index contributed by atoms with van der Waals surface area (Å²) in [6.07, 6.45) is -11.1. The van der Waals surface area contributed by atoms with Crippen molar-refractivity contribution in [3.8, 4) is 0 Å². The van der Waals surface area contributed by atoms with Crippen LogP contribution in [0.25, 0.3) is 0 Å². The molecule has 1 aliphatic carbocycles. The molecule has 1 rings (SSSR count). The van der Waals surface area contributed by atoms with E-state index in [1.54, 1.807) is 0 Å². The second-order valence-electron chi connectivity index (χ2n) is 4.69. The van der Waals surface area contributed by atoms with Crippen LogP contribution in [0.2, 0.25) is 0 Å². The molecule has 0 heterocycles. The van der Waals surface area contributed by atoms with Crippen LogP contribution in [0.1, 0.15) is 0 Å². The van der Waals surface area contributed by atoms with E-state index < -0.39 is 58.8 Å². The number of halogens is 16. The van der Waals surface area contributed by atoms with Gasteiger partial charge in [0, 0.05) is 0 Å². The van der Waals surface area contributed by atoms with Crippen LogP contribution in [-0.4, -0.2) is 35.8 Å². The summed E-state index contributed by atoms with van der Waals surface area (Å²) in [7, 11) is 0. The highest BCUT2D eigenvalue weighted by Crippen LogP contribution is 2.64. The normalized spacial score (nSPS) is 17.8. The van der Waals surface area contributed by atoms with Crippen molar-refractivity contribution in [1.29, 1.82) is 0 Å². The number of rotatable bonds is 5. The van der Waals surface area contributed by atoms with Gasteiger partial charge in [-0.3, -0.25) is 0 Å². The SMILES string of the molecule is FC(F)=C1C(F)=C1C(F)(F)C(F)(F)C(F)(F)C(F)(F)C(F)(F)C(F)(F)F. The molecule has 0 saturated heterocycles. The van der Waals surface area contributed by atoms with Crippen molar-refractivity contribution in [1.82, 2.24) is 0 Å². The predicted molar refractivity (Wildman–Crippen MR) is 48.2 cm³/mol. The zero-order valence-electron chi connectivity index (χ0n) is 11.0. The van der Waals surface area contributed by atoms with E-state index in [1.165, 1.54) is 0 Å². The van der Waals surface area contributed by atoms with Crippen LogP contribution < -0.4 is 0 Å². The highest BCUT2D eigenvalue weighted by atomic mass is 19.4. The lowest BCUT2D eigenvalue weighted by Crippen LogP contribution is -2.70. The minimum Gasteiger partial charge on any atom is -0.206 e. The Morgan fingerprint density at radius 1 is 0.538 bits per heavy atom. The summed E-state index contributed by atoms with van der Waals surface area (Å²) in [6, 6.07) is 0. The van der Waals surface area contributed by atoms with Gasteiger partial charge < -0.3 is 0 Å². The molecule has 26 heavy (non-hydrogen) atoms. The molecule has 0 aromatic carbocycles. The highest BCUT2D eigenvalue weighted by Gasteiger charge is 2.91. The minimum atomic E-state index is -8.17. The van der Waals surface area contributed by atoms with E-state index in [0.29, 0.717) is 0 Å². The Bertz CT molecular complexity index is 655. The molecule has 0 spiro atoms. The van der Waals surface area contributed by atoms with Crippen LogP contribution in [0.5, 0.6) is 0 Å². The quantitative estimate of drug-likeness (QED) is 0.467. The monoisotopic (exact) mass is 424 g/mol. The van der Waals surface area contributed by atoms with Crippen molar-refractivity contribution >= 4 is 0 Å². The number of hydrogen-bond acceptors (Lipinski definition) is 0. The van der Waals surface area contributed by atoms with Crippen LogP contribution in [0.15, 0.2) is 23.1 Å². The summed E-state index contributed by atoms with van der Waals surface area (Å²) in [5.41, 5.74) is -5.90. The van der Waals surface area contributed by atoms with Gasteiger partial charge in [0.25, 0.3) is 6.08 Å². The second-order valence-corrected chi connectivity index (χ2v) is 4.69. The van der Waals surface area contributed by atoms with Crippen LogP contribution in [0.4, 0.5) is 70.2 Å². The molecular formula is C10F16. The fourth-order valence-corrected chi connectivity index (χ4v) is 1.56. The van der Waals surface area contributed by atoms with Crippen molar-refractivity contribution in [3.63, 3.8) is 0 Å². The summed E-state index contributed by atoms with van der Waals surface area (Å²) in [5, 5.41) is 0. The van der Waals surface area contributed by atoms with E-state index in [1.807, 2.05) is 0 Å². The lowest BCUT2D eigenvalue weighted by atomic mass is 9.92. The minimum absolute atomic E-state index is 2.67. The molecule has 152 valence electrons. The number of hydrogen-bond donors (Lipinski definition) is 0. The van der Waals surface area contributed by atoms with Gasteiger partial charge in [-0.15, -0.1) is 0 Å². The second kappa shape index (κ2) is 5.43. The molecule has 0 nitrogen and oxygen atoms in total. The van der Waals surface area contributed by atoms with Gasteiger partial charge in [0.1, 0.15) is 5.83 Å². The van der Waals surface area contributed by atoms with E-state index >= 15 is 0 Å². The van der Waals surface area contributed by atoms with E-state index in [0.717, 1.165) is 0 Å². The summed E-state index contributed by atoms with van der Waals surface area (Å²) >= 11 is 0. The third kappa shape index (κ3) is 2.54. The molecular weight excluding hydrogens is 424 g/mol. The molecule has 16 heteroatoms. The first kappa shape index (κ1) is 22.4. The van der Waals surface area contributed by atoms with E-state index in [-0.39, 0.29) is 0 Å². The van der Waals surface area contributed by atoms with Crippen LogP contribution >= 0.6 is 0 Å². The first-order valence-electron chi connectivity index (χ1n) is 5.52. The maximum atomic E-state index is 13.2. The van der Waals surface area contributed by atoms with Gasteiger partial charge in [-0.2, -0.15) is 65.9 Å². The Labute approximate surface area is 130 Å². The fourth-order valence-electron chi connectivity index (χ4n) is 1.56. The van der Waals surface area contributed by atoms with Crippen molar-refractivity contribution < 1.29 is 70.2 Å². The van der Waals surface area contributed by atoms with E-state index in [4.69, 9.17) is 0 Å². The molecule has 0 radical (unpaired) electrons. The lowest BCUT2D eigenvalue weighted by Gasteiger charge is -2.39. The average molecular weight is 424 g/mol. The van der Waals surface area contributed by atoms with E-state index in [2.05, 4.69) is 0 Å². The maximum absolute atomic E-state index is 13.2. The third-order valence-electron chi connectivity index (χ3n) is 3.06. The number of allylic oxidation sites excluding steroid dienone is 3. The molecule has 0 N–H and O–H groups in total. The van der Waals surface area contributed by atoms with Crippen LogP contribution in [0, 0.1) is 0 Å². The molecule has 0 fully saturated rings. The highest BCUT2D eigenvalue weighted by molar-refractivity contribution is 5.67. The molecule has 0 saturated carbocycles. The fraction of sp³-hybridized carbons (Fsp3) is 0.600. The molecule has 0 aromatic rings. The Kier molecular flexibility index (Phi) is 4.68. The molecule has 0 atom stereocenters. The van der Waals surface area contributed by atoms with Crippen molar-refractivity contribution in [2.24, 2.45) is 0 Å². The molecule has 0 aromatic heterocycles. The summed E-state index contributed by atoms with van der Waals surface area (Å²) in [4.78, 5) is 0. The topological polar surface area (TPSA) is 0 Å². The summed E-state index contributed by atoms with van der Waals surface area (Å²) in [6.45, 7) is 0. The zero-order valence-corrected chi connectivity index (χ0v) is 11.0. The van der Waals surface area contributed by atoms with Gasteiger partial charge in [0.15, 0.2) is 0 Å². The molecule has 0 unspecified atom stereocenters. The standard InChI is InChI=1S/C10F16/c11-3-1(4(12)13)2(3)5(14,15)6(16,17)7(18,19)8(20,21)9(22,23)10(24,25)26. The summed E-state index contributed by atoms with van der Waals surface area (Å²) < 4.78 is 201. The van der Waals surface area contributed by atoms with Crippen molar-refractivity contribution in [2.75, 3.05) is 0 Å². The first-order chi connectivity index (χ1) is 11.1. The first-order valence-corrected chi connectivity index (χ1v) is 5.52. The molecule has 0 amide bonds.